The van der Waals surface area contributed by atoms with Crippen molar-refractivity contribution in [1.82, 2.24) is 0 Å². The van der Waals surface area contributed by atoms with Crippen LogP contribution in [0, 0.1) is 6.92 Å². The average molecular weight is 395 g/mol. The summed E-state index contributed by atoms with van der Waals surface area (Å²) in [5.41, 5.74) is 8.77. The van der Waals surface area contributed by atoms with Gasteiger partial charge in [-0.2, -0.15) is 5.10 Å². The van der Waals surface area contributed by atoms with Crippen molar-refractivity contribution in [3.05, 3.63) is 100 Å². The predicted octanol–water partition coefficient (Wildman–Crippen LogP) is 6.45. The molecule has 0 atom stereocenters. The highest BCUT2D eigenvalue weighted by molar-refractivity contribution is 9.10. The van der Waals surface area contributed by atoms with E-state index in [-0.39, 0.29) is 7.43 Å². The molecule has 0 saturated carbocycles. The van der Waals surface area contributed by atoms with Crippen LogP contribution < -0.4 is 5.43 Å². The van der Waals surface area contributed by atoms with E-state index in [9.17, 15) is 0 Å². The molecule has 128 valence electrons. The van der Waals surface area contributed by atoms with E-state index in [0.717, 1.165) is 27.9 Å². The average Bonchev–Trinajstić information content (AvgIpc) is 2.61. The van der Waals surface area contributed by atoms with Gasteiger partial charge >= 0.3 is 0 Å². The van der Waals surface area contributed by atoms with Crippen LogP contribution in [0.15, 0.2) is 88.4 Å². The first kappa shape index (κ1) is 18.9. The van der Waals surface area contributed by atoms with Crippen LogP contribution >= 0.6 is 15.9 Å². The molecule has 0 bridgehead atoms. The van der Waals surface area contributed by atoms with Crippen LogP contribution in [0.5, 0.6) is 0 Å². The zero-order valence-corrected chi connectivity index (χ0v) is 15.1. The number of para-hydroxylation sites is 1. The summed E-state index contributed by atoms with van der Waals surface area (Å²) >= 11 is 3.55. The highest BCUT2D eigenvalue weighted by atomic mass is 79.9. The number of rotatable bonds is 5. The smallest absolute Gasteiger partial charge is 0.0723 e. The van der Waals surface area contributed by atoms with Crippen molar-refractivity contribution in [2.45, 2.75) is 20.8 Å². The first-order chi connectivity index (χ1) is 11.7. The maximum atomic E-state index is 4.69. The van der Waals surface area contributed by atoms with Crippen LogP contribution in [-0.4, -0.2) is 5.71 Å². The first-order valence-corrected chi connectivity index (χ1v) is 8.70. The second kappa shape index (κ2) is 9.19. The number of nitrogens with zero attached hydrogens (tertiary/aromatic N) is 1. The zero-order chi connectivity index (χ0) is 16.8. The summed E-state index contributed by atoms with van der Waals surface area (Å²) in [5, 5.41) is 4.69. The Morgan fingerprint density at radius 3 is 2.20 bits per heavy atom. The maximum absolute atomic E-state index is 4.69. The van der Waals surface area contributed by atoms with E-state index in [2.05, 4.69) is 81.9 Å². The lowest BCUT2D eigenvalue weighted by atomic mass is 10.0. The van der Waals surface area contributed by atoms with E-state index in [1.165, 1.54) is 11.1 Å². The van der Waals surface area contributed by atoms with Gasteiger partial charge in [-0.25, -0.2) is 0 Å². The SMILES string of the molecule is C.Cc1ccc(C(Cc2ccccc2)=NNc2ccccc2Br)cc1. The Bertz CT molecular complexity index is 824. The number of halogens is 1. The van der Waals surface area contributed by atoms with Gasteiger partial charge in [0.1, 0.15) is 0 Å². The first-order valence-electron chi connectivity index (χ1n) is 7.90. The Kier molecular flexibility index (Phi) is 6.96. The lowest BCUT2D eigenvalue weighted by molar-refractivity contribution is 1.24. The van der Waals surface area contributed by atoms with Crippen molar-refractivity contribution in [1.29, 1.82) is 0 Å². The van der Waals surface area contributed by atoms with Gasteiger partial charge in [0, 0.05) is 10.9 Å². The Hall–Kier alpha value is -2.39. The lowest BCUT2D eigenvalue weighted by Gasteiger charge is -2.10. The van der Waals surface area contributed by atoms with Crippen molar-refractivity contribution in [2.24, 2.45) is 5.10 Å². The third-order valence-corrected chi connectivity index (χ3v) is 4.48. The molecule has 0 radical (unpaired) electrons. The number of aryl methyl sites for hydroxylation is 1. The minimum Gasteiger partial charge on any atom is -0.277 e. The fourth-order valence-corrected chi connectivity index (χ4v) is 2.79. The van der Waals surface area contributed by atoms with Gasteiger partial charge in [0.2, 0.25) is 0 Å². The van der Waals surface area contributed by atoms with Crippen LogP contribution in [0.2, 0.25) is 0 Å². The summed E-state index contributed by atoms with van der Waals surface area (Å²) in [6.07, 6.45) is 0.779. The molecular formula is C22H23BrN2. The lowest BCUT2D eigenvalue weighted by Crippen LogP contribution is -2.08. The van der Waals surface area contributed by atoms with E-state index >= 15 is 0 Å². The van der Waals surface area contributed by atoms with Gasteiger partial charge in [-0.15, -0.1) is 0 Å². The molecule has 25 heavy (non-hydrogen) atoms. The van der Waals surface area contributed by atoms with Crippen molar-refractivity contribution >= 4 is 27.3 Å². The van der Waals surface area contributed by atoms with Gasteiger partial charge in [-0.1, -0.05) is 79.7 Å². The summed E-state index contributed by atoms with van der Waals surface area (Å²) in [6.45, 7) is 2.09. The predicted molar refractivity (Wildman–Crippen MR) is 112 cm³/mol. The Balaban J connectivity index is 0.00000225. The molecule has 0 aliphatic rings. The number of benzene rings is 3. The Morgan fingerprint density at radius 2 is 1.52 bits per heavy atom. The van der Waals surface area contributed by atoms with Crippen LogP contribution in [0.25, 0.3) is 0 Å². The van der Waals surface area contributed by atoms with Crippen molar-refractivity contribution in [3.8, 4) is 0 Å². The third kappa shape index (κ3) is 5.30. The molecule has 0 unspecified atom stereocenters. The van der Waals surface area contributed by atoms with Crippen molar-refractivity contribution in [2.75, 3.05) is 5.43 Å². The van der Waals surface area contributed by atoms with Gasteiger partial charge in [0.05, 0.1) is 11.4 Å². The normalized spacial score (nSPS) is 10.9. The molecule has 0 spiro atoms. The van der Waals surface area contributed by atoms with Crippen LogP contribution in [0.3, 0.4) is 0 Å². The largest absolute Gasteiger partial charge is 0.277 e. The molecule has 0 aliphatic heterocycles. The Morgan fingerprint density at radius 1 is 0.880 bits per heavy atom. The third-order valence-electron chi connectivity index (χ3n) is 3.78. The monoisotopic (exact) mass is 394 g/mol. The molecule has 3 aromatic carbocycles. The second-order valence-corrected chi connectivity index (χ2v) is 6.53. The van der Waals surface area contributed by atoms with E-state index < -0.39 is 0 Å². The molecule has 0 aromatic heterocycles. The fourth-order valence-electron chi connectivity index (χ4n) is 2.42. The van der Waals surface area contributed by atoms with Gasteiger partial charge in [-0.3, -0.25) is 5.43 Å². The number of nitrogens with one attached hydrogen (secondary N) is 1. The quantitative estimate of drug-likeness (QED) is 0.390. The van der Waals surface area contributed by atoms with E-state index in [0.29, 0.717) is 0 Å². The van der Waals surface area contributed by atoms with Crippen LogP contribution in [-0.2, 0) is 6.42 Å². The Labute approximate surface area is 158 Å². The minimum atomic E-state index is 0. The van der Waals surface area contributed by atoms with Gasteiger partial charge in [-0.05, 0) is 46.1 Å². The molecule has 2 nitrogen and oxygen atoms in total. The standard InChI is InChI=1S/C21H19BrN2.CH4/c1-16-11-13-18(14-12-16)21(15-17-7-3-2-4-8-17)24-23-20-10-6-5-9-19(20)22;/h2-14,23H,15H2,1H3;1H4. The van der Waals surface area contributed by atoms with Crippen molar-refractivity contribution in [3.63, 3.8) is 0 Å². The summed E-state index contributed by atoms with van der Waals surface area (Å²) < 4.78 is 0.997. The second-order valence-electron chi connectivity index (χ2n) is 5.68. The summed E-state index contributed by atoms with van der Waals surface area (Å²) in [7, 11) is 0. The molecule has 3 heteroatoms. The molecule has 0 aliphatic carbocycles. The highest BCUT2D eigenvalue weighted by Gasteiger charge is 2.06. The number of anilines is 1. The van der Waals surface area contributed by atoms with Crippen LogP contribution in [0.1, 0.15) is 24.1 Å². The summed E-state index contributed by atoms with van der Waals surface area (Å²) in [6, 6.07) is 26.9. The molecule has 0 amide bonds. The number of hydrazone groups is 1. The molecule has 0 saturated heterocycles. The minimum absolute atomic E-state index is 0. The van der Waals surface area contributed by atoms with Crippen LogP contribution in [0.4, 0.5) is 5.69 Å². The molecule has 0 heterocycles. The number of hydrogen-bond donors (Lipinski definition) is 1. The van der Waals surface area contributed by atoms with E-state index in [4.69, 9.17) is 0 Å². The fraction of sp³-hybridized carbons (Fsp3) is 0.136. The topological polar surface area (TPSA) is 24.4 Å². The van der Waals surface area contributed by atoms with Gasteiger partial charge < -0.3 is 0 Å². The molecule has 3 aromatic rings. The van der Waals surface area contributed by atoms with Crippen molar-refractivity contribution < 1.29 is 0 Å². The maximum Gasteiger partial charge on any atom is 0.0723 e. The molecule has 0 fully saturated rings. The number of hydrogen-bond acceptors (Lipinski definition) is 2. The van der Waals surface area contributed by atoms with Gasteiger partial charge in [0.25, 0.3) is 0 Å². The molecular weight excluding hydrogens is 372 g/mol. The van der Waals surface area contributed by atoms with Gasteiger partial charge in [0.15, 0.2) is 0 Å². The molecule has 1 N–H and O–H groups in total. The highest BCUT2D eigenvalue weighted by Crippen LogP contribution is 2.21. The van der Waals surface area contributed by atoms with E-state index in [1.807, 2.05) is 30.3 Å². The van der Waals surface area contributed by atoms with E-state index in [1.54, 1.807) is 0 Å². The summed E-state index contributed by atoms with van der Waals surface area (Å²) in [4.78, 5) is 0. The zero-order valence-electron chi connectivity index (χ0n) is 13.5. The summed E-state index contributed by atoms with van der Waals surface area (Å²) in [5.74, 6) is 0. The molecule has 3 rings (SSSR count).